The summed E-state index contributed by atoms with van der Waals surface area (Å²) in [6.07, 6.45) is 0.482. The summed E-state index contributed by atoms with van der Waals surface area (Å²) < 4.78 is 26.2. The lowest BCUT2D eigenvalue weighted by molar-refractivity contribution is 0.113. The number of hydrogen-bond acceptors (Lipinski definition) is 3. The Morgan fingerprint density at radius 1 is 1.21 bits per heavy atom. The van der Waals surface area contributed by atoms with Gasteiger partial charge in [-0.25, -0.2) is 8.42 Å². The molecule has 0 aliphatic carbocycles. The van der Waals surface area contributed by atoms with Gasteiger partial charge in [0.2, 0.25) is 10.0 Å². The van der Waals surface area contributed by atoms with Crippen LogP contribution in [0.2, 0.25) is 10.0 Å². The van der Waals surface area contributed by atoms with E-state index in [0.717, 1.165) is 0 Å². The Hall–Kier alpha value is -0.330. The SMILES string of the molecule is Cc1c(Cl)cc(S(=O)(=O)N2CCC(O)CC2)cc1Cl. The van der Waals surface area contributed by atoms with Crippen LogP contribution in [0.1, 0.15) is 18.4 Å². The molecule has 1 aromatic rings. The van der Waals surface area contributed by atoms with Crippen LogP contribution in [0.5, 0.6) is 0 Å². The van der Waals surface area contributed by atoms with Crippen LogP contribution < -0.4 is 0 Å². The number of sulfonamides is 1. The van der Waals surface area contributed by atoms with E-state index in [1.807, 2.05) is 0 Å². The molecule has 0 atom stereocenters. The molecule has 7 heteroatoms. The maximum atomic E-state index is 12.4. The zero-order valence-electron chi connectivity index (χ0n) is 10.4. The first kappa shape index (κ1) is 15.1. The van der Waals surface area contributed by atoms with Crippen LogP contribution in [0.4, 0.5) is 0 Å². The summed E-state index contributed by atoms with van der Waals surface area (Å²) in [5.74, 6) is 0. The smallest absolute Gasteiger partial charge is 0.243 e. The predicted octanol–water partition coefficient (Wildman–Crippen LogP) is 2.45. The molecule has 0 radical (unpaired) electrons. The van der Waals surface area contributed by atoms with Gasteiger partial charge in [-0.05, 0) is 37.5 Å². The number of piperidine rings is 1. The first-order valence-electron chi connectivity index (χ1n) is 5.96. The van der Waals surface area contributed by atoms with Crippen LogP contribution in [0.3, 0.4) is 0 Å². The number of benzene rings is 1. The van der Waals surface area contributed by atoms with Crippen molar-refractivity contribution in [2.75, 3.05) is 13.1 Å². The highest BCUT2D eigenvalue weighted by Gasteiger charge is 2.29. The van der Waals surface area contributed by atoms with Gasteiger partial charge in [-0.3, -0.25) is 0 Å². The number of halogens is 2. The Labute approximate surface area is 123 Å². The van der Waals surface area contributed by atoms with Crippen molar-refractivity contribution in [2.24, 2.45) is 0 Å². The number of rotatable bonds is 2. The zero-order chi connectivity index (χ0) is 14.2. The Morgan fingerprint density at radius 2 is 1.68 bits per heavy atom. The summed E-state index contributed by atoms with van der Waals surface area (Å²) in [5.41, 5.74) is 0.663. The molecule has 1 fully saturated rings. The van der Waals surface area contributed by atoms with Crippen molar-refractivity contribution in [3.05, 3.63) is 27.7 Å². The van der Waals surface area contributed by atoms with Crippen molar-refractivity contribution < 1.29 is 13.5 Å². The van der Waals surface area contributed by atoms with Gasteiger partial charge in [0, 0.05) is 23.1 Å². The predicted molar refractivity (Wildman–Crippen MR) is 75.2 cm³/mol. The van der Waals surface area contributed by atoms with Gasteiger partial charge in [-0.2, -0.15) is 4.31 Å². The second kappa shape index (κ2) is 5.58. The standard InChI is InChI=1S/C12H15Cl2NO3S/c1-8-11(13)6-10(7-12(8)14)19(17,18)15-4-2-9(16)3-5-15/h6-7,9,16H,2-5H2,1H3. The molecule has 4 nitrogen and oxygen atoms in total. The molecule has 1 N–H and O–H groups in total. The maximum Gasteiger partial charge on any atom is 0.243 e. The lowest BCUT2D eigenvalue weighted by Crippen LogP contribution is -2.40. The lowest BCUT2D eigenvalue weighted by Gasteiger charge is -2.28. The lowest BCUT2D eigenvalue weighted by atomic mass is 10.1. The average Bonchev–Trinajstić information content (AvgIpc) is 2.35. The van der Waals surface area contributed by atoms with E-state index in [-0.39, 0.29) is 4.90 Å². The van der Waals surface area contributed by atoms with Gasteiger partial charge in [-0.15, -0.1) is 0 Å². The molecule has 0 amide bonds. The van der Waals surface area contributed by atoms with Crippen LogP contribution in [0, 0.1) is 6.92 Å². The molecule has 1 saturated heterocycles. The molecule has 19 heavy (non-hydrogen) atoms. The first-order valence-corrected chi connectivity index (χ1v) is 8.16. The Balaban J connectivity index is 2.35. The van der Waals surface area contributed by atoms with Crippen molar-refractivity contribution in [3.63, 3.8) is 0 Å². The van der Waals surface area contributed by atoms with Gasteiger partial charge in [0.25, 0.3) is 0 Å². The molecule has 1 aliphatic heterocycles. The number of hydrogen-bond donors (Lipinski definition) is 1. The average molecular weight is 324 g/mol. The van der Waals surface area contributed by atoms with E-state index >= 15 is 0 Å². The fraction of sp³-hybridized carbons (Fsp3) is 0.500. The maximum absolute atomic E-state index is 12.4. The van der Waals surface area contributed by atoms with Crippen molar-refractivity contribution in [2.45, 2.75) is 30.8 Å². The summed E-state index contributed by atoms with van der Waals surface area (Å²) in [4.78, 5) is 0.101. The molecular weight excluding hydrogens is 309 g/mol. The summed E-state index contributed by atoms with van der Waals surface area (Å²) in [5, 5.41) is 10.1. The van der Waals surface area contributed by atoms with Crippen molar-refractivity contribution in [1.82, 2.24) is 4.31 Å². The molecular formula is C12H15Cl2NO3S. The third kappa shape index (κ3) is 3.06. The van der Waals surface area contributed by atoms with E-state index in [4.69, 9.17) is 23.2 Å². The van der Waals surface area contributed by atoms with E-state index in [2.05, 4.69) is 0 Å². The Morgan fingerprint density at radius 3 is 2.16 bits per heavy atom. The van der Waals surface area contributed by atoms with Crippen LogP contribution >= 0.6 is 23.2 Å². The highest BCUT2D eigenvalue weighted by atomic mass is 35.5. The van der Waals surface area contributed by atoms with Gasteiger partial charge in [0.15, 0.2) is 0 Å². The normalized spacial score (nSPS) is 18.7. The summed E-state index contributed by atoms with van der Waals surface area (Å²) in [6.45, 7) is 2.36. The Bertz CT molecular complexity index is 558. The minimum atomic E-state index is -3.59. The summed E-state index contributed by atoms with van der Waals surface area (Å²) >= 11 is 12.0. The quantitative estimate of drug-likeness (QED) is 0.909. The van der Waals surface area contributed by atoms with E-state index in [1.165, 1.54) is 16.4 Å². The monoisotopic (exact) mass is 323 g/mol. The molecule has 1 aromatic carbocycles. The molecule has 1 aliphatic rings. The van der Waals surface area contributed by atoms with Crippen LogP contribution in [-0.4, -0.2) is 37.0 Å². The Kier molecular flexibility index (Phi) is 4.42. The summed E-state index contributed by atoms with van der Waals surface area (Å²) in [7, 11) is -3.59. The minimum absolute atomic E-state index is 0.101. The first-order chi connectivity index (χ1) is 8.82. The van der Waals surface area contributed by atoms with E-state index in [0.29, 0.717) is 41.5 Å². The number of nitrogens with zero attached hydrogens (tertiary/aromatic N) is 1. The van der Waals surface area contributed by atoms with Gasteiger partial charge >= 0.3 is 0 Å². The van der Waals surface area contributed by atoms with Gasteiger partial charge in [0.05, 0.1) is 11.0 Å². The third-order valence-electron chi connectivity index (χ3n) is 3.32. The van der Waals surface area contributed by atoms with Gasteiger partial charge < -0.3 is 5.11 Å². The second-order valence-corrected chi connectivity index (χ2v) is 7.40. The van der Waals surface area contributed by atoms with Gasteiger partial charge in [-0.1, -0.05) is 23.2 Å². The highest BCUT2D eigenvalue weighted by molar-refractivity contribution is 7.89. The van der Waals surface area contributed by atoms with Crippen LogP contribution in [0.25, 0.3) is 0 Å². The molecule has 1 heterocycles. The molecule has 2 rings (SSSR count). The molecule has 0 unspecified atom stereocenters. The number of aliphatic hydroxyl groups excluding tert-OH is 1. The molecule has 0 spiro atoms. The van der Waals surface area contributed by atoms with Crippen molar-refractivity contribution in [1.29, 1.82) is 0 Å². The van der Waals surface area contributed by atoms with E-state index in [1.54, 1.807) is 6.92 Å². The van der Waals surface area contributed by atoms with Crippen LogP contribution in [-0.2, 0) is 10.0 Å². The van der Waals surface area contributed by atoms with Crippen molar-refractivity contribution in [3.8, 4) is 0 Å². The highest BCUT2D eigenvalue weighted by Crippen LogP contribution is 2.30. The molecule has 0 saturated carbocycles. The minimum Gasteiger partial charge on any atom is -0.393 e. The van der Waals surface area contributed by atoms with Crippen molar-refractivity contribution >= 4 is 33.2 Å². The fourth-order valence-electron chi connectivity index (χ4n) is 2.00. The molecule has 0 bridgehead atoms. The molecule has 0 aromatic heterocycles. The second-order valence-electron chi connectivity index (χ2n) is 4.65. The van der Waals surface area contributed by atoms with Gasteiger partial charge in [0.1, 0.15) is 0 Å². The zero-order valence-corrected chi connectivity index (χ0v) is 12.8. The summed E-state index contributed by atoms with van der Waals surface area (Å²) in [6, 6.07) is 2.84. The fourth-order valence-corrected chi connectivity index (χ4v) is 4.14. The largest absolute Gasteiger partial charge is 0.393 e. The molecule has 106 valence electrons. The third-order valence-corrected chi connectivity index (χ3v) is 5.98. The van der Waals surface area contributed by atoms with Crippen LogP contribution in [0.15, 0.2) is 17.0 Å². The van der Waals surface area contributed by atoms with E-state index in [9.17, 15) is 13.5 Å². The van der Waals surface area contributed by atoms with E-state index < -0.39 is 16.1 Å². The number of aliphatic hydroxyl groups is 1. The topological polar surface area (TPSA) is 57.6 Å².